The Morgan fingerprint density at radius 3 is 2.75 bits per heavy atom. The number of aromatic nitrogens is 3. The third-order valence-electron chi connectivity index (χ3n) is 6.77. The van der Waals surface area contributed by atoms with Gasteiger partial charge in [-0.05, 0) is 58.4 Å². The van der Waals surface area contributed by atoms with Crippen molar-refractivity contribution in [1.82, 2.24) is 19.7 Å². The number of pyridine rings is 1. The van der Waals surface area contributed by atoms with Crippen LogP contribution in [0.25, 0.3) is 0 Å². The Balaban J connectivity index is 1.44. The highest BCUT2D eigenvalue weighted by molar-refractivity contribution is 5.98. The summed E-state index contributed by atoms with van der Waals surface area (Å²) in [4.78, 5) is 18.1. The molecule has 4 rings (SSSR count). The van der Waals surface area contributed by atoms with Crippen LogP contribution in [0.1, 0.15) is 56.8 Å². The largest absolute Gasteiger partial charge is 0.376 e. The highest BCUT2D eigenvalue weighted by Crippen LogP contribution is 2.34. The number of halogens is 1. The molecule has 0 saturated carbocycles. The zero-order valence-electron chi connectivity index (χ0n) is 19.1. The average Bonchev–Trinajstić information content (AvgIpc) is 3.14. The van der Waals surface area contributed by atoms with Crippen LogP contribution in [0.5, 0.6) is 0 Å². The molecule has 3 N–H and O–H groups in total. The van der Waals surface area contributed by atoms with Crippen LogP contribution in [-0.2, 0) is 10.3 Å². The zero-order valence-corrected chi connectivity index (χ0v) is 19.1. The van der Waals surface area contributed by atoms with Crippen LogP contribution < -0.4 is 11.1 Å². The third kappa shape index (κ3) is 5.10. The normalized spacial score (nSPS) is 23.1. The molecular formula is C23H33FN6O2. The number of piperidine rings is 1. The maximum absolute atomic E-state index is 13.5. The molecule has 0 aliphatic carbocycles. The second-order valence-corrected chi connectivity index (χ2v) is 9.96. The molecule has 32 heavy (non-hydrogen) atoms. The minimum absolute atomic E-state index is 0.0332. The minimum Gasteiger partial charge on any atom is -0.376 e. The van der Waals surface area contributed by atoms with Crippen molar-refractivity contribution in [3.63, 3.8) is 0 Å². The van der Waals surface area contributed by atoms with Gasteiger partial charge in [-0.25, -0.2) is 4.98 Å². The first-order valence-electron chi connectivity index (χ1n) is 11.3. The summed E-state index contributed by atoms with van der Waals surface area (Å²) in [6.07, 6.45) is 7.11. The van der Waals surface area contributed by atoms with Crippen molar-refractivity contribution in [3.8, 4) is 0 Å². The Labute approximate surface area is 188 Å². The number of primary amides is 1. The second-order valence-electron chi connectivity index (χ2n) is 9.96. The van der Waals surface area contributed by atoms with Crippen molar-refractivity contribution in [1.29, 1.82) is 0 Å². The SMILES string of the molecule is CC1(C)CC(CN2CCC(C)(n3cc(C(N)=O)c(Nc4ccnc(F)c4)n3)CC2)CCO1. The number of hydrogen-bond donors (Lipinski definition) is 2. The Morgan fingerprint density at radius 2 is 2.09 bits per heavy atom. The predicted molar refractivity (Wildman–Crippen MR) is 120 cm³/mol. The van der Waals surface area contributed by atoms with Gasteiger partial charge < -0.3 is 20.7 Å². The van der Waals surface area contributed by atoms with Crippen LogP contribution >= 0.6 is 0 Å². The molecule has 1 atom stereocenters. The van der Waals surface area contributed by atoms with Crippen molar-refractivity contribution < 1.29 is 13.9 Å². The van der Waals surface area contributed by atoms with Gasteiger partial charge in [0.15, 0.2) is 5.82 Å². The summed E-state index contributed by atoms with van der Waals surface area (Å²) in [6, 6.07) is 2.87. The third-order valence-corrected chi connectivity index (χ3v) is 6.77. The van der Waals surface area contributed by atoms with Crippen molar-refractivity contribution >= 4 is 17.4 Å². The summed E-state index contributed by atoms with van der Waals surface area (Å²) in [5.74, 6) is -0.194. The molecule has 2 saturated heterocycles. The Morgan fingerprint density at radius 1 is 1.34 bits per heavy atom. The molecule has 1 unspecified atom stereocenters. The second kappa shape index (κ2) is 8.78. The molecule has 8 nitrogen and oxygen atoms in total. The van der Waals surface area contributed by atoms with Crippen molar-refractivity contribution in [2.24, 2.45) is 11.7 Å². The predicted octanol–water partition coefficient (Wildman–Crippen LogP) is 3.28. The molecule has 1 amide bonds. The van der Waals surface area contributed by atoms with Gasteiger partial charge in [0.05, 0.1) is 11.1 Å². The lowest BCUT2D eigenvalue weighted by molar-refractivity contribution is -0.0784. The van der Waals surface area contributed by atoms with Gasteiger partial charge in [0.25, 0.3) is 5.91 Å². The molecular weight excluding hydrogens is 411 g/mol. The fourth-order valence-corrected chi connectivity index (χ4v) is 4.87. The van der Waals surface area contributed by atoms with Crippen LogP contribution in [-0.4, -0.2) is 57.4 Å². The van der Waals surface area contributed by atoms with Crippen molar-refractivity contribution in [2.75, 3.05) is 31.6 Å². The Bertz CT molecular complexity index is 967. The summed E-state index contributed by atoms with van der Waals surface area (Å²) in [7, 11) is 0. The van der Waals surface area contributed by atoms with E-state index in [4.69, 9.17) is 10.5 Å². The average molecular weight is 445 g/mol. The fourth-order valence-electron chi connectivity index (χ4n) is 4.87. The van der Waals surface area contributed by atoms with Crippen LogP contribution in [0.3, 0.4) is 0 Å². The van der Waals surface area contributed by atoms with Gasteiger partial charge in [-0.2, -0.15) is 9.49 Å². The summed E-state index contributed by atoms with van der Waals surface area (Å²) < 4.78 is 21.2. The van der Waals surface area contributed by atoms with Crippen LogP contribution in [0.2, 0.25) is 0 Å². The molecule has 174 valence electrons. The molecule has 9 heteroatoms. The fraction of sp³-hybridized carbons (Fsp3) is 0.609. The molecule has 0 radical (unpaired) electrons. The number of nitrogens with two attached hydrogens (primary N) is 1. The molecule has 0 spiro atoms. The topological polar surface area (TPSA) is 98.3 Å². The number of nitrogens with zero attached hydrogens (tertiary/aromatic N) is 4. The molecule has 2 aliphatic heterocycles. The van der Waals surface area contributed by atoms with Crippen LogP contribution in [0, 0.1) is 11.9 Å². The quantitative estimate of drug-likeness (QED) is 0.664. The molecule has 0 aromatic carbocycles. The Kier molecular flexibility index (Phi) is 6.22. The smallest absolute Gasteiger partial charge is 0.254 e. The van der Waals surface area contributed by atoms with E-state index in [1.165, 1.54) is 12.3 Å². The first-order chi connectivity index (χ1) is 15.1. The molecule has 0 bridgehead atoms. The lowest BCUT2D eigenvalue weighted by Gasteiger charge is -2.42. The summed E-state index contributed by atoms with van der Waals surface area (Å²) in [6.45, 7) is 10.4. The van der Waals surface area contributed by atoms with Crippen LogP contribution in [0.4, 0.5) is 15.9 Å². The van der Waals surface area contributed by atoms with Gasteiger partial charge in [-0.3, -0.25) is 9.48 Å². The Hall–Kier alpha value is -2.52. The standard InChI is InChI=1S/C23H33FN6O2/c1-22(2)13-16(5-11-32-22)14-29-9-6-23(3,7-10-29)30-15-18(20(25)31)21(28-30)27-17-4-8-26-19(24)12-17/h4,8,12,15-16H,5-7,9-11,13-14H2,1-3H3,(H2,25,31)(H,26,27,28). The van der Waals surface area contributed by atoms with Gasteiger partial charge in [-0.1, -0.05) is 0 Å². The van der Waals surface area contributed by atoms with E-state index in [1.807, 2.05) is 4.68 Å². The number of carbonyl (C=O) groups excluding carboxylic acids is 1. The lowest BCUT2D eigenvalue weighted by atomic mass is 9.86. The number of ether oxygens (including phenoxy) is 1. The maximum Gasteiger partial charge on any atom is 0.254 e. The maximum atomic E-state index is 13.5. The monoisotopic (exact) mass is 444 g/mol. The molecule has 2 aliphatic rings. The van der Waals surface area contributed by atoms with E-state index in [1.54, 1.807) is 12.3 Å². The first kappa shape index (κ1) is 22.7. The summed E-state index contributed by atoms with van der Waals surface area (Å²) in [5, 5.41) is 7.65. The first-order valence-corrected chi connectivity index (χ1v) is 11.3. The van der Waals surface area contributed by atoms with E-state index >= 15 is 0 Å². The van der Waals surface area contributed by atoms with E-state index in [2.05, 4.69) is 41.1 Å². The number of hydrogen-bond acceptors (Lipinski definition) is 6. The van der Waals surface area contributed by atoms with Gasteiger partial charge in [-0.15, -0.1) is 0 Å². The molecule has 2 aromatic heterocycles. The molecule has 2 aromatic rings. The van der Waals surface area contributed by atoms with Gasteiger partial charge in [0.1, 0.15) is 5.56 Å². The van der Waals surface area contributed by atoms with E-state index in [9.17, 15) is 9.18 Å². The van der Waals surface area contributed by atoms with Crippen molar-refractivity contribution in [2.45, 2.75) is 57.6 Å². The van der Waals surface area contributed by atoms with Gasteiger partial charge in [0.2, 0.25) is 5.95 Å². The number of anilines is 2. The molecule has 2 fully saturated rings. The van der Waals surface area contributed by atoms with E-state index < -0.39 is 11.9 Å². The van der Waals surface area contributed by atoms with E-state index in [0.29, 0.717) is 17.4 Å². The van der Waals surface area contributed by atoms with Crippen LogP contribution in [0.15, 0.2) is 24.5 Å². The van der Waals surface area contributed by atoms with E-state index in [0.717, 1.165) is 51.9 Å². The lowest BCUT2D eigenvalue weighted by Crippen LogP contribution is -2.47. The highest BCUT2D eigenvalue weighted by Gasteiger charge is 2.36. The summed E-state index contributed by atoms with van der Waals surface area (Å²) >= 11 is 0. The zero-order chi connectivity index (χ0) is 22.9. The highest BCUT2D eigenvalue weighted by atomic mass is 19.1. The minimum atomic E-state index is -0.609. The molecule has 4 heterocycles. The van der Waals surface area contributed by atoms with Crippen molar-refractivity contribution in [3.05, 3.63) is 36.0 Å². The number of carbonyl (C=O) groups is 1. The van der Waals surface area contributed by atoms with Gasteiger partial charge >= 0.3 is 0 Å². The number of rotatable bonds is 6. The van der Waals surface area contributed by atoms with Gasteiger partial charge in [0, 0.05) is 50.4 Å². The number of amides is 1. The van der Waals surface area contributed by atoms with E-state index in [-0.39, 0.29) is 16.7 Å². The number of likely N-dealkylation sites (tertiary alicyclic amines) is 1. The number of nitrogens with one attached hydrogen (secondary N) is 1. The summed E-state index contributed by atoms with van der Waals surface area (Å²) in [5.41, 5.74) is 6.09.